The van der Waals surface area contributed by atoms with Gasteiger partial charge in [0.05, 0.1) is 12.7 Å². The zero-order valence-electron chi connectivity index (χ0n) is 10.6. The lowest BCUT2D eigenvalue weighted by molar-refractivity contribution is 0.0160. The van der Waals surface area contributed by atoms with Crippen molar-refractivity contribution in [3.05, 3.63) is 34.3 Å². The number of ether oxygens (including phenoxy) is 1. The Hall–Kier alpha value is -0.390. The van der Waals surface area contributed by atoms with Crippen LogP contribution >= 0.6 is 31.9 Å². The van der Waals surface area contributed by atoms with E-state index in [1.807, 2.05) is 29.2 Å². The molecule has 1 fully saturated rings. The third-order valence-electron chi connectivity index (χ3n) is 3.23. The van der Waals surface area contributed by atoms with E-state index in [9.17, 15) is 4.79 Å². The zero-order chi connectivity index (χ0) is 13.7. The molecule has 0 bridgehead atoms. The molecule has 0 N–H and O–H groups in total. The van der Waals surface area contributed by atoms with Crippen molar-refractivity contribution in [1.82, 2.24) is 4.90 Å². The van der Waals surface area contributed by atoms with Crippen molar-refractivity contribution in [1.29, 1.82) is 0 Å². The van der Waals surface area contributed by atoms with Crippen LogP contribution in [0.4, 0.5) is 0 Å². The Kier molecular flexibility index (Phi) is 5.85. The van der Waals surface area contributed by atoms with Gasteiger partial charge in [-0.2, -0.15) is 0 Å². The van der Waals surface area contributed by atoms with Crippen LogP contribution in [0, 0.1) is 0 Å². The van der Waals surface area contributed by atoms with E-state index in [-0.39, 0.29) is 5.91 Å². The molecule has 1 aliphatic rings. The van der Waals surface area contributed by atoms with Gasteiger partial charge >= 0.3 is 0 Å². The fourth-order valence-corrected chi connectivity index (χ4v) is 2.83. The average Bonchev–Trinajstić information content (AvgIpc) is 2.45. The average molecular weight is 391 g/mol. The number of hydrogen-bond donors (Lipinski definition) is 0. The molecule has 1 aromatic rings. The summed E-state index contributed by atoms with van der Waals surface area (Å²) in [7, 11) is 0. The Morgan fingerprint density at radius 2 is 2.11 bits per heavy atom. The highest BCUT2D eigenvalue weighted by Crippen LogP contribution is 2.18. The second-order valence-corrected chi connectivity index (χ2v) is 6.27. The number of carbonyl (C=O) groups excluding carboxylic acids is 1. The number of nitrogens with zero attached hydrogens (tertiary/aromatic N) is 1. The van der Waals surface area contributed by atoms with Crippen molar-refractivity contribution in [2.24, 2.45) is 0 Å². The van der Waals surface area contributed by atoms with Gasteiger partial charge in [-0.3, -0.25) is 4.79 Å². The summed E-state index contributed by atoms with van der Waals surface area (Å²) < 4.78 is 6.63. The van der Waals surface area contributed by atoms with Crippen LogP contribution in [0.15, 0.2) is 28.7 Å². The zero-order valence-corrected chi connectivity index (χ0v) is 13.8. The van der Waals surface area contributed by atoms with E-state index in [2.05, 4.69) is 31.9 Å². The highest BCUT2D eigenvalue weighted by Gasteiger charge is 2.23. The van der Waals surface area contributed by atoms with Crippen molar-refractivity contribution in [3.63, 3.8) is 0 Å². The number of amides is 1. The topological polar surface area (TPSA) is 29.5 Å². The van der Waals surface area contributed by atoms with Gasteiger partial charge in [0.1, 0.15) is 0 Å². The SMILES string of the molecule is O=C(c1cccc(Br)c1)N1CCC(OCCBr)CC1. The van der Waals surface area contributed by atoms with E-state index in [1.54, 1.807) is 0 Å². The van der Waals surface area contributed by atoms with E-state index >= 15 is 0 Å². The molecule has 19 heavy (non-hydrogen) atoms. The molecule has 1 aromatic carbocycles. The van der Waals surface area contributed by atoms with Crippen molar-refractivity contribution in [2.45, 2.75) is 18.9 Å². The fourth-order valence-electron chi connectivity index (χ4n) is 2.24. The molecular weight excluding hydrogens is 374 g/mol. The molecule has 0 saturated carbocycles. The van der Waals surface area contributed by atoms with Gasteiger partial charge in [0.2, 0.25) is 0 Å². The first-order valence-corrected chi connectivity index (χ1v) is 8.34. The van der Waals surface area contributed by atoms with Crippen molar-refractivity contribution < 1.29 is 9.53 Å². The molecule has 0 aliphatic carbocycles. The molecule has 1 aliphatic heterocycles. The molecule has 0 spiro atoms. The number of rotatable bonds is 4. The molecule has 104 valence electrons. The first-order chi connectivity index (χ1) is 9.20. The Bertz CT molecular complexity index is 431. The maximum Gasteiger partial charge on any atom is 0.253 e. The predicted octanol–water partition coefficient (Wildman–Crippen LogP) is 3.47. The van der Waals surface area contributed by atoms with Gasteiger partial charge in [0.25, 0.3) is 5.91 Å². The molecule has 5 heteroatoms. The number of benzene rings is 1. The smallest absolute Gasteiger partial charge is 0.253 e. The molecule has 3 nitrogen and oxygen atoms in total. The minimum absolute atomic E-state index is 0.111. The summed E-state index contributed by atoms with van der Waals surface area (Å²) >= 11 is 6.75. The molecule has 1 saturated heterocycles. The van der Waals surface area contributed by atoms with Gasteiger partial charge in [0, 0.05) is 28.5 Å². The lowest BCUT2D eigenvalue weighted by atomic mass is 10.1. The van der Waals surface area contributed by atoms with Gasteiger partial charge in [-0.05, 0) is 31.0 Å². The van der Waals surface area contributed by atoms with Crippen LogP contribution in [0.3, 0.4) is 0 Å². The predicted molar refractivity (Wildman–Crippen MR) is 82.8 cm³/mol. The molecule has 2 rings (SSSR count). The summed E-state index contributed by atoms with van der Waals surface area (Å²) in [5, 5.41) is 0.865. The first kappa shape index (κ1) is 15.0. The second kappa shape index (κ2) is 7.41. The number of alkyl halides is 1. The molecule has 1 amide bonds. The summed E-state index contributed by atoms with van der Waals surface area (Å²) in [4.78, 5) is 14.2. The number of hydrogen-bond acceptors (Lipinski definition) is 2. The third kappa shape index (κ3) is 4.29. The largest absolute Gasteiger partial charge is 0.377 e. The maximum absolute atomic E-state index is 12.3. The van der Waals surface area contributed by atoms with E-state index in [0.29, 0.717) is 6.10 Å². The van der Waals surface area contributed by atoms with Crippen molar-refractivity contribution >= 4 is 37.8 Å². The van der Waals surface area contributed by atoms with Gasteiger partial charge in [-0.1, -0.05) is 37.9 Å². The van der Waals surface area contributed by atoms with Gasteiger partial charge in [-0.15, -0.1) is 0 Å². The lowest BCUT2D eigenvalue weighted by Gasteiger charge is -2.32. The maximum atomic E-state index is 12.3. The third-order valence-corrected chi connectivity index (χ3v) is 4.05. The standard InChI is InChI=1S/C14H17Br2NO2/c15-6-9-19-13-4-7-17(8-5-13)14(18)11-2-1-3-12(16)10-11/h1-3,10,13H,4-9H2. The van der Waals surface area contributed by atoms with E-state index < -0.39 is 0 Å². The number of likely N-dealkylation sites (tertiary alicyclic amines) is 1. The summed E-state index contributed by atoms with van der Waals surface area (Å²) in [6.07, 6.45) is 2.14. The summed E-state index contributed by atoms with van der Waals surface area (Å²) in [6.45, 7) is 2.29. The molecule has 0 atom stereocenters. The minimum Gasteiger partial charge on any atom is -0.377 e. The summed E-state index contributed by atoms with van der Waals surface area (Å²) in [5.41, 5.74) is 0.745. The second-order valence-electron chi connectivity index (χ2n) is 4.56. The van der Waals surface area contributed by atoms with E-state index in [1.165, 1.54) is 0 Å². The van der Waals surface area contributed by atoms with E-state index in [0.717, 1.165) is 47.9 Å². The summed E-state index contributed by atoms with van der Waals surface area (Å²) in [5.74, 6) is 0.111. The van der Waals surface area contributed by atoms with Crippen LogP contribution in [0.5, 0.6) is 0 Å². The van der Waals surface area contributed by atoms with Crippen LogP contribution in [0.2, 0.25) is 0 Å². The number of piperidine rings is 1. The molecule has 1 heterocycles. The molecule has 0 radical (unpaired) electrons. The Balaban J connectivity index is 1.89. The Labute approximate surface area is 130 Å². The Morgan fingerprint density at radius 3 is 2.74 bits per heavy atom. The molecule has 0 unspecified atom stereocenters. The highest BCUT2D eigenvalue weighted by atomic mass is 79.9. The van der Waals surface area contributed by atoms with Crippen LogP contribution in [0.25, 0.3) is 0 Å². The minimum atomic E-state index is 0.111. The van der Waals surface area contributed by atoms with Gasteiger partial charge < -0.3 is 9.64 Å². The quantitative estimate of drug-likeness (QED) is 0.736. The van der Waals surface area contributed by atoms with Gasteiger partial charge in [-0.25, -0.2) is 0 Å². The van der Waals surface area contributed by atoms with Crippen LogP contribution < -0.4 is 0 Å². The van der Waals surface area contributed by atoms with Crippen LogP contribution in [-0.4, -0.2) is 41.9 Å². The summed E-state index contributed by atoms with van der Waals surface area (Å²) in [6, 6.07) is 7.55. The number of halogens is 2. The Morgan fingerprint density at radius 1 is 1.37 bits per heavy atom. The van der Waals surface area contributed by atoms with Crippen LogP contribution in [0.1, 0.15) is 23.2 Å². The first-order valence-electron chi connectivity index (χ1n) is 6.43. The van der Waals surface area contributed by atoms with Crippen molar-refractivity contribution in [3.8, 4) is 0 Å². The molecular formula is C14H17Br2NO2. The monoisotopic (exact) mass is 389 g/mol. The van der Waals surface area contributed by atoms with Crippen LogP contribution in [-0.2, 0) is 4.74 Å². The van der Waals surface area contributed by atoms with Gasteiger partial charge in [0.15, 0.2) is 0 Å². The fraction of sp³-hybridized carbons (Fsp3) is 0.500. The molecule has 0 aromatic heterocycles. The highest BCUT2D eigenvalue weighted by molar-refractivity contribution is 9.10. The normalized spacial score (nSPS) is 16.6. The van der Waals surface area contributed by atoms with Crippen molar-refractivity contribution in [2.75, 3.05) is 25.0 Å². The number of carbonyl (C=O) groups is 1. The lowest BCUT2D eigenvalue weighted by Crippen LogP contribution is -2.41. The van der Waals surface area contributed by atoms with E-state index in [4.69, 9.17) is 4.74 Å².